The molecule has 4 nitrogen and oxygen atoms in total. The highest BCUT2D eigenvalue weighted by atomic mass is 79.9. The topological polar surface area (TPSA) is 54.6 Å². The smallest absolute Gasteiger partial charge is 0.354 e. The molecule has 2 heterocycles. The van der Waals surface area contributed by atoms with E-state index in [1.165, 1.54) is 10.6 Å². The Hall–Kier alpha value is -1.36. The summed E-state index contributed by atoms with van der Waals surface area (Å²) in [5, 5.41) is 12.7. The van der Waals surface area contributed by atoms with Gasteiger partial charge >= 0.3 is 5.97 Å². The average molecular weight is 241 g/mol. The lowest BCUT2D eigenvalue weighted by Gasteiger charge is -1.98. The maximum atomic E-state index is 10.7. The van der Waals surface area contributed by atoms with Gasteiger partial charge in [-0.2, -0.15) is 5.10 Å². The van der Waals surface area contributed by atoms with E-state index in [2.05, 4.69) is 21.0 Å². The number of halogens is 1. The molecule has 2 aromatic heterocycles. The van der Waals surface area contributed by atoms with E-state index in [-0.39, 0.29) is 5.69 Å². The molecule has 0 fully saturated rings. The fourth-order valence-electron chi connectivity index (χ4n) is 1.14. The minimum absolute atomic E-state index is 0.156. The van der Waals surface area contributed by atoms with Gasteiger partial charge in [-0.05, 0) is 28.1 Å². The Bertz CT molecular complexity index is 478. The molecule has 0 amide bonds. The third-order valence-corrected chi connectivity index (χ3v) is 2.33. The number of aromatic carboxylic acids is 1. The van der Waals surface area contributed by atoms with E-state index in [1.54, 1.807) is 18.3 Å². The van der Waals surface area contributed by atoms with Gasteiger partial charge in [0, 0.05) is 0 Å². The second kappa shape index (κ2) is 2.85. The Morgan fingerprint density at radius 2 is 2.31 bits per heavy atom. The molecule has 0 aliphatic carbocycles. The summed E-state index contributed by atoms with van der Waals surface area (Å²) < 4.78 is 2.17. The second-order valence-corrected chi connectivity index (χ2v) is 3.36. The van der Waals surface area contributed by atoms with Gasteiger partial charge in [-0.3, -0.25) is 0 Å². The minimum atomic E-state index is -0.985. The fraction of sp³-hybridized carbons (Fsp3) is 0. The Kier molecular flexibility index (Phi) is 1.81. The lowest BCUT2D eigenvalue weighted by molar-refractivity contribution is 0.0687. The van der Waals surface area contributed by atoms with Crippen molar-refractivity contribution in [3.63, 3.8) is 0 Å². The summed E-state index contributed by atoms with van der Waals surface area (Å²) in [6.07, 6.45) is 1.57. The highest BCUT2D eigenvalue weighted by Crippen LogP contribution is 2.18. The van der Waals surface area contributed by atoms with Crippen molar-refractivity contribution < 1.29 is 9.90 Å². The zero-order valence-corrected chi connectivity index (χ0v) is 8.02. The standard InChI is InChI=1S/C8H5BrN2O2/c9-5-4-10-11-6(5)2-1-3-7(11)8(12)13/h1-4H,(H,12,13). The van der Waals surface area contributed by atoms with Gasteiger partial charge in [0.25, 0.3) is 0 Å². The third-order valence-electron chi connectivity index (χ3n) is 1.71. The largest absolute Gasteiger partial charge is 0.477 e. The summed E-state index contributed by atoms with van der Waals surface area (Å²) in [6.45, 7) is 0. The van der Waals surface area contributed by atoms with E-state index < -0.39 is 5.97 Å². The molecule has 13 heavy (non-hydrogen) atoms. The summed E-state index contributed by atoms with van der Waals surface area (Å²) in [5.74, 6) is -0.985. The van der Waals surface area contributed by atoms with Crippen LogP contribution in [0.15, 0.2) is 28.9 Å². The number of carboxylic acid groups (broad SMARTS) is 1. The van der Waals surface area contributed by atoms with Crippen LogP contribution in [0, 0.1) is 0 Å². The van der Waals surface area contributed by atoms with Crippen molar-refractivity contribution in [1.82, 2.24) is 9.61 Å². The minimum Gasteiger partial charge on any atom is -0.477 e. The van der Waals surface area contributed by atoms with Crippen molar-refractivity contribution in [3.8, 4) is 0 Å². The SMILES string of the molecule is O=C(O)c1cccc2c(Br)cnn12. The number of carboxylic acids is 1. The van der Waals surface area contributed by atoms with Gasteiger partial charge in [0.05, 0.1) is 16.2 Å². The molecule has 0 aromatic carbocycles. The molecule has 0 unspecified atom stereocenters. The lowest BCUT2D eigenvalue weighted by atomic mass is 10.3. The van der Waals surface area contributed by atoms with Gasteiger partial charge in [0.1, 0.15) is 5.69 Å². The van der Waals surface area contributed by atoms with Crippen LogP contribution >= 0.6 is 15.9 Å². The van der Waals surface area contributed by atoms with Gasteiger partial charge < -0.3 is 5.11 Å². The van der Waals surface area contributed by atoms with E-state index >= 15 is 0 Å². The molecule has 5 heteroatoms. The molecule has 0 saturated heterocycles. The first-order chi connectivity index (χ1) is 6.20. The van der Waals surface area contributed by atoms with Gasteiger partial charge in [-0.15, -0.1) is 0 Å². The van der Waals surface area contributed by atoms with Crippen LogP contribution in [0.25, 0.3) is 5.52 Å². The van der Waals surface area contributed by atoms with E-state index in [9.17, 15) is 4.79 Å². The lowest BCUT2D eigenvalue weighted by Crippen LogP contribution is -2.05. The number of fused-ring (bicyclic) bond motifs is 1. The second-order valence-electron chi connectivity index (χ2n) is 2.51. The maximum absolute atomic E-state index is 10.7. The molecule has 1 N–H and O–H groups in total. The van der Waals surface area contributed by atoms with E-state index in [0.717, 1.165) is 9.99 Å². The Balaban J connectivity index is 2.84. The van der Waals surface area contributed by atoms with Crippen LogP contribution in [-0.4, -0.2) is 20.7 Å². The highest BCUT2D eigenvalue weighted by molar-refractivity contribution is 9.10. The first kappa shape index (κ1) is 8.25. The molecule has 0 spiro atoms. The van der Waals surface area contributed by atoms with Gasteiger partial charge in [-0.1, -0.05) is 6.07 Å². The van der Waals surface area contributed by atoms with Crippen LogP contribution in [0.1, 0.15) is 10.5 Å². The van der Waals surface area contributed by atoms with Crippen molar-refractivity contribution in [2.75, 3.05) is 0 Å². The summed E-state index contributed by atoms with van der Waals surface area (Å²) in [7, 11) is 0. The Labute approximate surface area is 81.9 Å². The summed E-state index contributed by atoms with van der Waals surface area (Å²) >= 11 is 3.27. The molecule has 0 atom stereocenters. The number of rotatable bonds is 1. The van der Waals surface area contributed by atoms with Crippen LogP contribution in [0.4, 0.5) is 0 Å². The van der Waals surface area contributed by atoms with Crippen LogP contribution in [0.2, 0.25) is 0 Å². The van der Waals surface area contributed by atoms with E-state index in [1.807, 2.05) is 0 Å². The highest BCUT2D eigenvalue weighted by Gasteiger charge is 2.09. The average Bonchev–Trinajstić information content (AvgIpc) is 2.48. The number of carbonyl (C=O) groups is 1. The van der Waals surface area contributed by atoms with Crippen LogP contribution in [-0.2, 0) is 0 Å². The monoisotopic (exact) mass is 240 g/mol. The molecule has 0 saturated carbocycles. The maximum Gasteiger partial charge on any atom is 0.354 e. The molecular formula is C8H5BrN2O2. The van der Waals surface area contributed by atoms with E-state index in [0.29, 0.717) is 0 Å². The number of nitrogens with zero attached hydrogens (tertiary/aromatic N) is 2. The van der Waals surface area contributed by atoms with E-state index in [4.69, 9.17) is 5.11 Å². The summed E-state index contributed by atoms with van der Waals surface area (Å²) in [4.78, 5) is 10.7. The van der Waals surface area contributed by atoms with Crippen LogP contribution in [0.5, 0.6) is 0 Å². The quantitative estimate of drug-likeness (QED) is 0.828. The van der Waals surface area contributed by atoms with Gasteiger partial charge in [0.15, 0.2) is 0 Å². The molecule has 0 aliphatic rings. The number of aromatic nitrogens is 2. The fourth-order valence-corrected chi connectivity index (χ4v) is 1.53. The molecule has 0 bridgehead atoms. The first-order valence-electron chi connectivity index (χ1n) is 3.55. The molecule has 0 aliphatic heterocycles. The molecule has 2 rings (SSSR count). The number of hydrogen-bond donors (Lipinski definition) is 1. The van der Waals surface area contributed by atoms with Crippen molar-refractivity contribution in [2.24, 2.45) is 0 Å². The molecular weight excluding hydrogens is 236 g/mol. The number of hydrogen-bond acceptors (Lipinski definition) is 2. The third kappa shape index (κ3) is 1.21. The van der Waals surface area contributed by atoms with Gasteiger partial charge in [-0.25, -0.2) is 9.31 Å². The van der Waals surface area contributed by atoms with Crippen molar-refractivity contribution in [2.45, 2.75) is 0 Å². The predicted octanol–water partition coefficient (Wildman–Crippen LogP) is 1.79. The van der Waals surface area contributed by atoms with Crippen LogP contribution < -0.4 is 0 Å². The van der Waals surface area contributed by atoms with Crippen molar-refractivity contribution in [3.05, 3.63) is 34.6 Å². The molecule has 66 valence electrons. The van der Waals surface area contributed by atoms with Crippen molar-refractivity contribution >= 4 is 27.4 Å². The van der Waals surface area contributed by atoms with Crippen LogP contribution in [0.3, 0.4) is 0 Å². The van der Waals surface area contributed by atoms with Gasteiger partial charge in [0.2, 0.25) is 0 Å². The Morgan fingerprint density at radius 3 is 3.00 bits per heavy atom. The Morgan fingerprint density at radius 1 is 1.54 bits per heavy atom. The zero-order valence-electron chi connectivity index (χ0n) is 6.44. The summed E-state index contributed by atoms with van der Waals surface area (Å²) in [5.41, 5.74) is 0.906. The zero-order chi connectivity index (χ0) is 9.42. The molecule has 2 aromatic rings. The van der Waals surface area contributed by atoms with Crippen molar-refractivity contribution in [1.29, 1.82) is 0 Å². The first-order valence-corrected chi connectivity index (χ1v) is 4.35. The summed E-state index contributed by atoms with van der Waals surface area (Å²) in [6, 6.07) is 4.99. The number of pyridine rings is 1. The normalized spacial score (nSPS) is 10.5. The predicted molar refractivity (Wildman–Crippen MR) is 49.9 cm³/mol. The molecule has 0 radical (unpaired) electrons.